The van der Waals surface area contributed by atoms with Crippen molar-refractivity contribution in [1.29, 1.82) is 0 Å². The summed E-state index contributed by atoms with van der Waals surface area (Å²) in [4.78, 5) is 0. The van der Waals surface area contributed by atoms with Gasteiger partial charge in [0.05, 0.1) is 5.60 Å². The second kappa shape index (κ2) is 6.58. The Kier molecular flexibility index (Phi) is 5.30. The largest absolute Gasteiger partial charge is 0.375 e. The maximum atomic E-state index is 6.10. The predicted molar refractivity (Wildman–Crippen MR) is 81.3 cm³/mol. The third kappa shape index (κ3) is 3.52. The summed E-state index contributed by atoms with van der Waals surface area (Å²) in [5, 5.41) is 3.85. The molecule has 2 heteroatoms. The fraction of sp³-hybridized carbons (Fsp3) is 1.00. The van der Waals surface area contributed by atoms with E-state index in [0.29, 0.717) is 6.04 Å². The van der Waals surface area contributed by atoms with E-state index in [9.17, 15) is 0 Å². The van der Waals surface area contributed by atoms with Gasteiger partial charge in [-0.1, -0.05) is 27.7 Å². The lowest BCUT2D eigenvalue weighted by Gasteiger charge is -2.50. The van der Waals surface area contributed by atoms with E-state index in [0.717, 1.165) is 30.9 Å². The second-order valence-corrected chi connectivity index (χ2v) is 7.22. The van der Waals surface area contributed by atoms with Crippen molar-refractivity contribution in [1.82, 2.24) is 5.32 Å². The maximum absolute atomic E-state index is 6.10. The van der Waals surface area contributed by atoms with Gasteiger partial charge in [0.15, 0.2) is 0 Å². The van der Waals surface area contributed by atoms with E-state index in [1.807, 2.05) is 0 Å². The molecule has 1 spiro atoms. The van der Waals surface area contributed by atoms with Gasteiger partial charge in [0.25, 0.3) is 0 Å². The van der Waals surface area contributed by atoms with Crippen LogP contribution in [0, 0.1) is 17.8 Å². The zero-order valence-corrected chi connectivity index (χ0v) is 13.4. The van der Waals surface area contributed by atoms with Crippen LogP contribution < -0.4 is 5.32 Å². The van der Waals surface area contributed by atoms with Crippen LogP contribution in [0.3, 0.4) is 0 Å². The van der Waals surface area contributed by atoms with E-state index in [1.165, 1.54) is 38.5 Å². The van der Waals surface area contributed by atoms with Crippen molar-refractivity contribution < 1.29 is 4.74 Å². The van der Waals surface area contributed by atoms with Crippen molar-refractivity contribution in [2.75, 3.05) is 13.2 Å². The number of hydrogen-bond donors (Lipinski definition) is 1. The van der Waals surface area contributed by atoms with Gasteiger partial charge >= 0.3 is 0 Å². The summed E-state index contributed by atoms with van der Waals surface area (Å²) in [6.07, 6.45) is 7.76. The molecule has 0 aromatic carbocycles. The molecule has 0 amide bonds. The highest BCUT2D eigenvalue weighted by Gasteiger charge is 2.45. The van der Waals surface area contributed by atoms with Crippen LogP contribution >= 0.6 is 0 Å². The van der Waals surface area contributed by atoms with Gasteiger partial charge in [-0.15, -0.1) is 0 Å². The molecule has 19 heavy (non-hydrogen) atoms. The van der Waals surface area contributed by atoms with Gasteiger partial charge in [-0.25, -0.2) is 0 Å². The van der Waals surface area contributed by atoms with Crippen molar-refractivity contribution in [3.63, 3.8) is 0 Å². The van der Waals surface area contributed by atoms with Crippen molar-refractivity contribution in [3.8, 4) is 0 Å². The summed E-state index contributed by atoms with van der Waals surface area (Å²) in [6, 6.07) is 0.682. The highest BCUT2D eigenvalue weighted by molar-refractivity contribution is 4.97. The molecule has 2 rings (SSSR count). The summed E-state index contributed by atoms with van der Waals surface area (Å²) in [6.45, 7) is 11.6. The second-order valence-electron chi connectivity index (χ2n) is 7.22. The number of hydrogen-bond acceptors (Lipinski definition) is 2. The summed E-state index contributed by atoms with van der Waals surface area (Å²) < 4.78 is 6.10. The molecular weight excluding hydrogens is 234 g/mol. The van der Waals surface area contributed by atoms with Gasteiger partial charge in [0, 0.05) is 12.6 Å². The fourth-order valence-corrected chi connectivity index (χ4v) is 3.80. The molecule has 1 saturated heterocycles. The standard InChI is InChI=1S/C17H33NO/c1-5-10-18-16(14(4)13(2)3)15-7-11-19-17(12-15)8-6-9-17/h13-16,18H,5-12H2,1-4H3. The first kappa shape index (κ1) is 15.3. The van der Waals surface area contributed by atoms with Crippen molar-refractivity contribution in [2.45, 2.75) is 77.9 Å². The lowest BCUT2D eigenvalue weighted by molar-refractivity contribution is -0.149. The van der Waals surface area contributed by atoms with E-state index >= 15 is 0 Å². The first-order valence-corrected chi connectivity index (χ1v) is 8.45. The first-order chi connectivity index (χ1) is 9.08. The van der Waals surface area contributed by atoms with Crippen LogP contribution in [0.25, 0.3) is 0 Å². The third-order valence-corrected chi connectivity index (χ3v) is 5.55. The molecule has 3 atom stereocenters. The lowest BCUT2D eigenvalue weighted by Crippen LogP contribution is -2.52. The molecule has 3 unspecified atom stereocenters. The molecule has 0 aromatic heterocycles. The molecule has 2 aliphatic rings. The molecule has 1 aliphatic heterocycles. The van der Waals surface area contributed by atoms with Gasteiger partial charge in [-0.2, -0.15) is 0 Å². The molecule has 112 valence electrons. The Morgan fingerprint density at radius 2 is 2.00 bits per heavy atom. The van der Waals surface area contributed by atoms with Crippen LogP contribution in [0.4, 0.5) is 0 Å². The zero-order valence-electron chi connectivity index (χ0n) is 13.4. The molecule has 0 radical (unpaired) electrons. The van der Waals surface area contributed by atoms with Gasteiger partial charge in [0.2, 0.25) is 0 Å². The third-order valence-electron chi connectivity index (χ3n) is 5.55. The zero-order chi connectivity index (χ0) is 13.9. The van der Waals surface area contributed by atoms with Crippen LogP contribution in [0.5, 0.6) is 0 Å². The highest BCUT2D eigenvalue weighted by atomic mass is 16.5. The minimum atomic E-state index is 0.283. The van der Waals surface area contributed by atoms with Gasteiger partial charge in [-0.05, 0) is 62.8 Å². The molecule has 1 heterocycles. The topological polar surface area (TPSA) is 21.3 Å². The fourth-order valence-electron chi connectivity index (χ4n) is 3.80. The SMILES string of the molecule is CCCNC(C1CCOC2(CCC2)C1)C(C)C(C)C. The van der Waals surface area contributed by atoms with Crippen molar-refractivity contribution in [2.24, 2.45) is 17.8 Å². The molecule has 0 bridgehead atoms. The highest BCUT2D eigenvalue weighted by Crippen LogP contribution is 2.46. The van der Waals surface area contributed by atoms with Crippen molar-refractivity contribution >= 4 is 0 Å². The van der Waals surface area contributed by atoms with Crippen LogP contribution in [-0.2, 0) is 4.74 Å². The predicted octanol–water partition coefficient (Wildman–Crippen LogP) is 4.00. The maximum Gasteiger partial charge on any atom is 0.0685 e. The molecule has 2 fully saturated rings. The summed E-state index contributed by atoms with van der Waals surface area (Å²) in [5.74, 6) is 2.33. The Hall–Kier alpha value is -0.0800. The Morgan fingerprint density at radius 3 is 2.53 bits per heavy atom. The Balaban J connectivity index is 1.99. The van der Waals surface area contributed by atoms with E-state index in [1.54, 1.807) is 0 Å². The molecule has 0 aromatic rings. The Morgan fingerprint density at radius 1 is 1.26 bits per heavy atom. The quantitative estimate of drug-likeness (QED) is 0.785. The minimum Gasteiger partial charge on any atom is -0.375 e. The number of nitrogens with one attached hydrogen (secondary N) is 1. The normalized spacial score (nSPS) is 29.2. The Bertz CT molecular complexity index is 272. The molecule has 1 N–H and O–H groups in total. The van der Waals surface area contributed by atoms with E-state index < -0.39 is 0 Å². The molecule has 1 aliphatic carbocycles. The summed E-state index contributed by atoms with van der Waals surface area (Å²) in [5.41, 5.74) is 0.283. The average molecular weight is 267 g/mol. The number of rotatable bonds is 6. The lowest BCUT2D eigenvalue weighted by atomic mass is 9.68. The van der Waals surface area contributed by atoms with E-state index in [-0.39, 0.29) is 5.60 Å². The minimum absolute atomic E-state index is 0.283. The average Bonchev–Trinajstić information content (AvgIpc) is 2.37. The molecule has 1 saturated carbocycles. The van der Waals surface area contributed by atoms with Crippen molar-refractivity contribution in [3.05, 3.63) is 0 Å². The van der Waals surface area contributed by atoms with Crippen LogP contribution in [0.1, 0.15) is 66.2 Å². The van der Waals surface area contributed by atoms with Gasteiger partial charge in [-0.3, -0.25) is 0 Å². The van der Waals surface area contributed by atoms with Crippen LogP contribution in [0.15, 0.2) is 0 Å². The first-order valence-electron chi connectivity index (χ1n) is 8.45. The van der Waals surface area contributed by atoms with Crippen LogP contribution in [0.2, 0.25) is 0 Å². The monoisotopic (exact) mass is 267 g/mol. The van der Waals surface area contributed by atoms with Gasteiger partial charge < -0.3 is 10.1 Å². The Labute approximate surface area is 119 Å². The smallest absolute Gasteiger partial charge is 0.0685 e. The molecule has 2 nitrogen and oxygen atoms in total. The summed E-state index contributed by atoms with van der Waals surface area (Å²) in [7, 11) is 0. The van der Waals surface area contributed by atoms with E-state index in [4.69, 9.17) is 4.74 Å². The van der Waals surface area contributed by atoms with Gasteiger partial charge in [0.1, 0.15) is 0 Å². The van der Waals surface area contributed by atoms with Crippen LogP contribution in [-0.4, -0.2) is 24.8 Å². The molecular formula is C17H33NO. The van der Waals surface area contributed by atoms with E-state index in [2.05, 4.69) is 33.0 Å². The number of ether oxygens (including phenoxy) is 1. The summed E-state index contributed by atoms with van der Waals surface area (Å²) >= 11 is 0.